The van der Waals surface area contributed by atoms with E-state index in [0.717, 1.165) is 36.4 Å². The highest BCUT2D eigenvalue weighted by Crippen LogP contribution is 2.26. The van der Waals surface area contributed by atoms with Crippen molar-refractivity contribution in [1.29, 1.82) is 0 Å². The second-order valence-electron chi connectivity index (χ2n) is 9.46. The van der Waals surface area contributed by atoms with Crippen LogP contribution >= 0.6 is 0 Å². The number of hydroxylamine groups is 4. The third-order valence-corrected chi connectivity index (χ3v) is 11.0. The summed E-state index contributed by atoms with van der Waals surface area (Å²) in [6.45, 7) is 0.386. The number of piperidine rings is 2. The maximum atomic E-state index is 13.2. The molecule has 0 saturated carbocycles. The van der Waals surface area contributed by atoms with Crippen LogP contribution in [-0.4, -0.2) is 75.6 Å². The van der Waals surface area contributed by atoms with Gasteiger partial charge in [-0.3, -0.25) is 0 Å². The van der Waals surface area contributed by atoms with Crippen LogP contribution in [0.4, 0.5) is 8.78 Å². The predicted molar refractivity (Wildman–Crippen MR) is 138 cm³/mol. The van der Waals surface area contributed by atoms with Gasteiger partial charge in [-0.25, -0.2) is 35.2 Å². The first-order valence-corrected chi connectivity index (χ1v) is 15.6. The zero-order chi connectivity index (χ0) is 28.9. The predicted octanol–water partition coefficient (Wildman–Crippen LogP) is 2.61. The Morgan fingerprint density at radius 2 is 1.02 bits per heavy atom. The molecule has 0 aliphatic carbocycles. The SMILES string of the molecule is O=C(/C=C\C(=O)ON1CCCC(S(=O)(=O)c2ccc(F)cc2)C1)ON1CCCC(S(=O)(=O)c2ccc(F)cc2)C1. The molecule has 2 aliphatic rings. The number of carbonyl (C=O) groups excluding carboxylic acids is 2. The van der Waals surface area contributed by atoms with Gasteiger partial charge in [-0.05, 0) is 74.2 Å². The van der Waals surface area contributed by atoms with Gasteiger partial charge >= 0.3 is 11.9 Å². The first-order valence-electron chi connectivity index (χ1n) is 12.6. The Hall–Kier alpha value is -3.20. The summed E-state index contributed by atoms with van der Waals surface area (Å²) in [6.07, 6.45) is 3.20. The van der Waals surface area contributed by atoms with Crippen molar-refractivity contribution in [2.45, 2.75) is 46.0 Å². The minimum absolute atomic E-state index is 0.0277. The summed E-state index contributed by atoms with van der Waals surface area (Å²) in [5, 5.41) is 0.657. The molecule has 0 spiro atoms. The smallest absolute Gasteiger partial charge is 0.349 e. The summed E-state index contributed by atoms with van der Waals surface area (Å²) in [6, 6.07) is 8.99. The highest BCUT2D eigenvalue weighted by atomic mass is 32.2. The average molecular weight is 599 g/mol. The normalized spacial score (nSPS) is 21.2. The molecular formula is C26H28F2N2O8S2. The Balaban J connectivity index is 1.28. The van der Waals surface area contributed by atoms with E-state index in [1.165, 1.54) is 34.4 Å². The van der Waals surface area contributed by atoms with E-state index in [-0.39, 0.29) is 36.0 Å². The van der Waals surface area contributed by atoms with Crippen molar-refractivity contribution in [3.8, 4) is 0 Å². The molecular weight excluding hydrogens is 570 g/mol. The van der Waals surface area contributed by atoms with Crippen LogP contribution in [0.25, 0.3) is 0 Å². The van der Waals surface area contributed by atoms with Crippen LogP contribution < -0.4 is 0 Å². The van der Waals surface area contributed by atoms with E-state index in [4.69, 9.17) is 9.68 Å². The zero-order valence-electron chi connectivity index (χ0n) is 21.3. The first kappa shape index (κ1) is 29.8. The summed E-state index contributed by atoms with van der Waals surface area (Å²) >= 11 is 0. The summed E-state index contributed by atoms with van der Waals surface area (Å²) in [5.41, 5.74) is 0. The van der Waals surface area contributed by atoms with E-state index < -0.39 is 53.7 Å². The number of sulfone groups is 2. The fraction of sp³-hybridized carbons (Fsp3) is 0.385. The number of hydrogen-bond donors (Lipinski definition) is 0. The molecule has 2 aliphatic heterocycles. The van der Waals surface area contributed by atoms with Gasteiger partial charge < -0.3 is 9.68 Å². The molecule has 4 rings (SSSR count). The average Bonchev–Trinajstić information content (AvgIpc) is 2.93. The number of hydrogen-bond acceptors (Lipinski definition) is 10. The molecule has 2 atom stereocenters. The minimum Gasteiger partial charge on any atom is -0.364 e. The third-order valence-electron chi connectivity index (χ3n) is 6.64. The number of carbonyl (C=O) groups is 2. The van der Waals surface area contributed by atoms with Gasteiger partial charge in [-0.15, -0.1) is 10.1 Å². The number of rotatable bonds is 8. The lowest BCUT2D eigenvalue weighted by atomic mass is 10.2. The van der Waals surface area contributed by atoms with Crippen LogP contribution in [0.1, 0.15) is 25.7 Å². The van der Waals surface area contributed by atoms with E-state index >= 15 is 0 Å². The largest absolute Gasteiger partial charge is 0.364 e. The van der Waals surface area contributed by atoms with Crippen LogP contribution in [-0.2, 0) is 38.9 Å². The highest BCUT2D eigenvalue weighted by molar-refractivity contribution is 7.92. The Bertz CT molecular complexity index is 1350. The molecule has 2 saturated heterocycles. The van der Waals surface area contributed by atoms with Crippen molar-refractivity contribution in [2.24, 2.45) is 0 Å². The lowest BCUT2D eigenvalue weighted by Gasteiger charge is -2.30. The fourth-order valence-electron chi connectivity index (χ4n) is 4.57. The van der Waals surface area contributed by atoms with Crippen molar-refractivity contribution in [3.63, 3.8) is 0 Å². The van der Waals surface area contributed by atoms with Gasteiger partial charge in [-0.2, -0.15) is 0 Å². The zero-order valence-corrected chi connectivity index (χ0v) is 23.0. The van der Waals surface area contributed by atoms with Gasteiger partial charge in [0.05, 0.1) is 33.4 Å². The van der Waals surface area contributed by atoms with Gasteiger partial charge in [0.1, 0.15) is 11.6 Å². The number of nitrogens with zero attached hydrogens (tertiary/aromatic N) is 2. The topological polar surface area (TPSA) is 127 Å². The van der Waals surface area contributed by atoms with Crippen molar-refractivity contribution >= 4 is 31.6 Å². The van der Waals surface area contributed by atoms with Gasteiger partial charge in [0.15, 0.2) is 19.7 Å². The van der Waals surface area contributed by atoms with Crippen LogP contribution in [0.3, 0.4) is 0 Å². The number of halogens is 2. The van der Waals surface area contributed by atoms with Gasteiger partial charge in [0.2, 0.25) is 0 Å². The standard InChI is InChI=1S/C26H28F2N2O8S2/c27-19-5-9-21(10-6-19)39(33,34)23-3-1-15-29(17-23)37-25(31)13-14-26(32)38-30-16-2-4-24(18-30)40(35,36)22-11-7-20(28)8-12-22/h5-14,23-24H,1-4,15-18H2/b14-13-. The maximum absolute atomic E-state index is 13.2. The Kier molecular flexibility index (Phi) is 9.33. The van der Waals surface area contributed by atoms with Gasteiger partial charge in [0, 0.05) is 25.2 Å². The van der Waals surface area contributed by atoms with Crippen molar-refractivity contribution in [1.82, 2.24) is 10.1 Å². The summed E-state index contributed by atoms with van der Waals surface area (Å²) in [5.74, 6) is -2.96. The molecule has 216 valence electrons. The summed E-state index contributed by atoms with van der Waals surface area (Å²) in [4.78, 5) is 34.9. The molecule has 0 bridgehead atoms. The van der Waals surface area contributed by atoms with E-state index in [1.54, 1.807) is 0 Å². The molecule has 2 aromatic carbocycles. The van der Waals surface area contributed by atoms with Crippen molar-refractivity contribution in [2.75, 3.05) is 26.2 Å². The van der Waals surface area contributed by atoms with E-state index in [9.17, 15) is 35.2 Å². The second-order valence-corrected chi connectivity index (χ2v) is 13.9. The van der Waals surface area contributed by atoms with Crippen LogP contribution in [0.5, 0.6) is 0 Å². The highest BCUT2D eigenvalue weighted by Gasteiger charge is 2.35. The molecule has 0 N–H and O–H groups in total. The van der Waals surface area contributed by atoms with E-state index in [2.05, 4.69) is 0 Å². The molecule has 0 radical (unpaired) electrons. The maximum Gasteiger partial charge on any atom is 0.349 e. The minimum atomic E-state index is -3.78. The second kappa shape index (κ2) is 12.5. The Labute approximate surface area is 230 Å². The molecule has 14 heteroatoms. The van der Waals surface area contributed by atoms with Crippen LogP contribution in [0.2, 0.25) is 0 Å². The van der Waals surface area contributed by atoms with Crippen LogP contribution in [0, 0.1) is 11.6 Å². The summed E-state index contributed by atoms with van der Waals surface area (Å²) in [7, 11) is -7.56. The molecule has 40 heavy (non-hydrogen) atoms. The Morgan fingerprint density at radius 1 is 0.675 bits per heavy atom. The van der Waals surface area contributed by atoms with Gasteiger partial charge in [-0.1, -0.05) is 0 Å². The van der Waals surface area contributed by atoms with Crippen molar-refractivity contribution < 1.29 is 44.9 Å². The van der Waals surface area contributed by atoms with E-state index in [0.29, 0.717) is 25.7 Å². The van der Waals surface area contributed by atoms with E-state index in [1.807, 2.05) is 0 Å². The Morgan fingerprint density at radius 3 is 1.38 bits per heavy atom. The first-order chi connectivity index (χ1) is 18.9. The van der Waals surface area contributed by atoms with Gasteiger partial charge in [0.25, 0.3) is 0 Å². The lowest BCUT2D eigenvalue weighted by Crippen LogP contribution is -2.43. The van der Waals surface area contributed by atoms with Crippen molar-refractivity contribution in [3.05, 3.63) is 72.3 Å². The fourth-order valence-corrected chi connectivity index (χ4v) is 8.05. The molecule has 2 fully saturated rings. The monoisotopic (exact) mass is 598 g/mol. The molecule has 2 aromatic rings. The van der Waals surface area contributed by atoms with Crippen LogP contribution in [0.15, 0.2) is 70.5 Å². The lowest BCUT2D eigenvalue weighted by molar-refractivity contribution is -0.190. The quantitative estimate of drug-likeness (QED) is 0.331. The molecule has 2 heterocycles. The third kappa shape index (κ3) is 7.30. The molecule has 2 unspecified atom stereocenters. The summed E-state index contributed by atoms with van der Waals surface area (Å²) < 4.78 is 77.9. The number of benzene rings is 2. The molecule has 0 amide bonds. The molecule has 0 aromatic heterocycles. The molecule has 10 nitrogen and oxygen atoms in total.